The van der Waals surface area contributed by atoms with Crippen LogP contribution >= 0.6 is 22.7 Å². The lowest BCUT2D eigenvalue weighted by atomic mass is 9.93. The van der Waals surface area contributed by atoms with Crippen molar-refractivity contribution in [1.82, 2.24) is 10.2 Å². The minimum atomic E-state index is -3.85. The Balaban J connectivity index is 1.18. The van der Waals surface area contributed by atoms with E-state index in [1.165, 1.54) is 15.8 Å². The Morgan fingerprint density at radius 2 is 1.70 bits per heavy atom. The van der Waals surface area contributed by atoms with E-state index in [-0.39, 0.29) is 28.5 Å². The van der Waals surface area contributed by atoms with Gasteiger partial charge in [0.05, 0.1) is 11.4 Å². The number of primary sulfonamides is 1. The van der Waals surface area contributed by atoms with Gasteiger partial charge in [0.2, 0.25) is 21.8 Å². The molecule has 10 heteroatoms. The van der Waals surface area contributed by atoms with Gasteiger partial charge in [-0.25, -0.2) is 13.6 Å². The maximum Gasteiger partial charge on any atom is 0.238 e. The molecule has 0 aliphatic heterocycles. The van der Waals surface area contributed by atoms with Crippen molar-refractivity contribution >= 4 is 44.5 Å². The second-order valence-electron chi connectivity index (χ2n) is 10.0. The number of sulfonamides is 1. The van der Waals surface area contributed by atoms with Crippen LogP contribution in [0.4, 0.5) is 0 Å². The van der Waals surface area contributed by atoms with Gasteiger partial charge in [-0.15, -0.1) is 22.7 Å². The maximum atomic E-state index is 13.3. The predicted octanol–water partition coefficient (Wildman–Crippen LogP) is 5.48. The molecule has 3 N–H and O–H groups in total. The molecule has 1 aliphatic rings. The van der Waals surface area contributed by atoms with Gasteiger partial charge < -0.3 is 10.2 Å². The lowest BCUT2D eigenvalue weighted by Gasteiger charge is -2.24. The van der Waals surface area contributed by atoms with Gasteiger partial charge in [0.1, 0.15) is 0 Å². The van der Waals surface area contributed by atoms with Crippen LogP contribution in [0, 0.1) is 11.8 Å². The average molecular weight is 594 g/mol. The highest BCUT2D eigenvalue weighted by molar-refractivity contribution is 7.89. The Morgan fingerprint density at radius 1 is 0.950 bits per heavy atom. The number of nitrogens with zero attached hydrogens (tertiary/aromatic N) is 1. The van der Waals surface area contributed by atoms with Crippen molar-refractivity contribution in [2.24, 2.45) is 17.0 Å². The van der Waals surface area contributed by atoms with Crippen LogP contribution in [0.3, 0.4) is 0 Å². The van der Waals surface area contributed by atoms with Gasteiger partial charge in [-0.3, -0.25) is 9.59 Å². The van der Waals surface area contributed by atoms with Crippen molar-refractivity contribution in [3.63, 3.8) is 0 Å². The third-order valence-corrected chi connectivity index (χ3v) is 10.4. The lowest BCUT2D eigenvalue weighted by Crippen LogP contribution is -2.40. The molecule has 1 fully saturated rings. The van der Waals surface area contributed by atoms with Crippen LogP contribution in [-0.2, 0) is 32.7 Å². The number of rotatable bonds is 9. The molecular weight excluding hydrogens is 563 g/mol. The second-order valence-corrected chi connectivity index (χ2v) is 13.7. The SMILES string of the molecule is CN(Cc1ccc(-c2cccs2)s1)C(=O)C1CCCC1C(=O)NCc1ccc(-c2ccccc2S(N)(=O)=O)cc1. The highest BCUT2D eigenvalue weighted by atomic mass is 32.2. The Labute approximate surface area is 242 Å². The van der Waals surface area contributed by atoms with E-state index < -0.39 is 10.0 Å². The molecule has 0 radical (unpaired) electrons. The van der Waals surface area contributed by atoms with Crippen molar-refractivity contribution in [2.75, 3.05) is 7.05 Å². The Bertz CT molecular complexity index is 1600. The number of hydrogen-bond acceptors (Lipinski definition) is 6. The Hall–Kier alpha value is -3.31. The van der Waals surface area contributed by atoms with Gasteiger partial charge in [0, 0.05) is 45.6 Å². The quantitative estimate of drug-likeness (QED) is 0.268. The Kier molecular flexibility index (Phi) is 8.51. The molecule has 40 heavy (non-hydrogen) atoms. The van der Waals surface area contributed by atoms with Crippen LogP contribution in [0.15, 0.2) is 83.1 Å². The summed E-state index contributed by atoms with van der Waals surface area (Å²) in [5, 5.41) is 10.4. The van der Waals surface area contributed by atoms with Gasteiger partial charge in [-0.2, -0.15) is 0 Å². The smallest absolute Gasteiger partial charge is 0.238 e. The van der Waals surface area contributed by atoms with E-state index in [2.05, 4.69) is 28.9 Å². The van der Waals surface area contributed by atoms with Crippen molar-refractivity contribution in [2.45, 2.75) is 37.2 Å². The number of amides is 2. The first-order valence-electron chi connectivity index (χ1n) is 13.1. The van der Waals surface area contributed by atoms with Gasteiger partial charge in [-0.1, -0.05) is 55.0 Å². The summed E-state index contributed by atoms with van der Waals surface area (Å²) >= 11 is 3.40. The summed E-state index contributed by atoms with van der Waals surface area (Å²) in [6.45, 7) is 0.852. The van der Waals surface area contributed by atoms with Crippen LogP contribution in [0.25, 0.3) is 20.9 Å². The number of nitrogens with one attached hydrogen (secondary N) is 1. The largest absolute Gasteiger partial charge is 0.352 e. The van der Waals surface area contributed by atoms with E-state index in [9.17, 15) is 18.0 Å². The van der Waals surface area contributed by atoms with Gasteiger partial charge in [-0.05, 0) is 53.6 Å². The molecule has 7 nitrogen and oxygen atoms in total. The first-order valence-corrected chi connectivity index (χ1v) is 16.3. The van der Waals surface area contributed by atoms with Gasteiger partial charge in [0.25, 0.3) is 0 Å². The van der Waals surface area contributed by atoms with Gasteiger partial charge in [0.15, 0.2) is 0 Å². The summed E-state index contributed by atoms with van der Waals surface area (Å²) in [5.74, 6) is -0.759. The summed E-state index contributed by atoms with van der Waals surface area (Å²) in [6, 6.07) is 22.2. The zero-order valence-electron chi connectivity index (χ0n) is 22.1. The van der Waals surface area contributed by atoms with Crippen molar-refractivity contribution in [1.29, 1.82) is 0 Å². The average Bonchev–Trinajstić information content (AvgIpc) is 3.73. The minimum Gasteiger partial charge on any atom is -0.352 e. The van der Waals surface area contributed by atoms with Crippen LogP contribution in [0.5, 0.6) is 0 Å². The standard InChI is InChI=1S/C30H31N3O4S3/c1-33(19-22-15-16-27(39-22)26-9-5-17-38-26)30(35)25-8-4-7-24(25)29(34)32-18-20-11-13-21(14-12-20)23-6-2-3-10-28(23)40(31,36)37/h2-3,5-6,9-17,24-25H,4,7-8,18-19H2,1H3,(H,32,34)(H2,31,36,37). The predicted molar refractivity (Wildman–Crippen MR) is 160 cm³/mol. The lowest BCUT2D eigenvalue weighted by molar-refractivity contribution is -0.140. The fourth-order valence-corrected chi connectivity index (χ4v) is 7.91. The summed E-state index contributed by atoms with van der Waals surface area (Å²) in [5.41, 5.74) is 2.13. The molecule has 2 unspecified atom stereocenters. The van der Waals surface area contributed by atoms with E-state index in [0.717, 1.165) is 22.4 Å². The van der Waals surface area contributed by atoms with E-state index in [1.54, 1.807) is 45.8 Å². The molecule has 5 rings (SSSR count). The fourth-order valence-electron chi connectivity index (χ4n) is 5.25. The molecular formula is C30H31N3O4S3. The Morgan fingerprint density at radius 3 is 2.42 bits per heavy atom. The van der Waals surface area contributed by atoms with Crippen LogP contribution in [0.2, 0.25) is 0 Å². The van der Waals surface area contributed by atoms with Crippen LogP contribution < -0.4 is 10.5 Å². The number of thiophene rings is 2. The number of benzene rings is 2. The molecule has 2 heterocycles. The molecule has 0 saturated heterocycles. The van der Waals surface area contributed by atoms with E-state index >= 15 is 0 Å². The first-order chi connectivity index (χ1) is 19.2. The zero-order valence-corrected chi connectivity index (χ0v) is 24.5. The van der Waals surface area contributed by atoms with E-state index in [4.69, 9.17) is 5.14 Å². The third-order valence-electron chi connectivity index (χ3n) is 7.29. The van der Waals surface area contributed by atoms with Crippen molar-refractivity contribution in [3.8, 4) is 20.9 Å². The monoisotopic (exact) mass is 593 g/mol. The highest BCUT2D eigenvalue weighted by Crippen LogP contribution is 2.35. The first kappa shape index (κ1) is 28.2. The molecule has 0 bridgehead atoms. The molecule has 2 aromatic heterocycles. The number of carbonyl (C=O) groups excluding carboxylic acids is 2. The van der Waals surface area contributed by atoms with Crippen LogP contribution in [0.1, 0.15) is 29.7 Å². The molecule has 2 amide bonds. The molecule has 1 saturated carbocycles. The number of hydrogen-bond donors (Lipinski definition) is 2. The summed E-state index contributed by atoms with van der Waals surface area (Å²) in [4.78, 5) is 31.8. The molecule has 0 spiro atoms. The fraction of sp³-hybridized carbons (Fsp3) is 0.267. The summed E-state index contributed by atoms with van der Waals surface area (Å²) < 4.78 is 23.9. The van der Waals surface area contributed by atoms with Gasteiger partial charge >= 0.3 is 0 Å². The topological polar surface area (TPSA) is 110 Å². The van der Waals surface area contributed by atoms with E-state index in [0.29, 0.717) is 31.5 Å². The van der Waals surface area contributed by atoms with Crippen molar-refractivity contribution < 1.29 is 18.0 Å². The highest BCUT2D eigenvalue weighted by Gasteiger charge is 2.39. The molecule has 1 aliphatic carbocycles. The zero-order chi connectivity index (χ0) is 28.3. The minimum absolute atomic E-state index is 0.0154. The number of carbonyl (C=O) groups is 2. The summed E-state index contributed by atoms with van der Waals surface area (Å²) in [6.07, 6.45) is 2.26. The molecule has 4 aromatic rings. The normalized spacial score (nSPS) is 17.1. The third kappa shape index (κ3) is 6.36. The van der Waals surface area contributed by atoms with Crippen LogP contribution in [-0.4, -0.2) is 32.2 Å². The number of nitrogens with two attached hydrogens (primary N) is 1. The molecule has 2 aromatic carbocycles. The second kappa shape index (κ2) is 12.1. The molecule has 2 atom stereocenters. The summed E-state index contributed by atoms with van der Waals surface area (Å²) in [7, 11) is -2.04. The molecule has 208 valence electrons. The van der Waals surface area contributed by atoms with Crippen molar-refractivity contribution in [3.05, 3.63) is 88.6 Å². The maximum absolute atomic E-state index is 13.3. The van der Waals surface area contributed by atoms with E-state index in [1.807, 2.05) is 37.4 Å².